The average Bonchev–Trinajstić information content (AvgIpc) is 2.73. The Morgan fingerprint density at radius 1 is 1.04 bits per heavy atom. The molecule has 2 heterocycles. The number of carbonyl (C=O) groups is 2. The third-order valence-electron chi connectivity index (χ3n) is 6.35. The summed E-state index contributed by atoms with van der Waals surface area (Å²) in [6.45, 7) is 5.42. The van der Waals surface area contributed by atoms with Crippen molar-refractivity contribution in [3.63, 3.8) is 0 Å². The van der Waals surface area contributed by atoms with Crippen LogP contribution in [0.2, 0.25) is 0 Å². The molecule has 1 N–H and O–H groups in total. The number of nitrogens with one attached hydrogen (secondary N) is 1. The molecule has 2 aliphatic heterocycles. The first kappa shape index (κ1) is 19.9. The summed E-state index contributed by atoms with van der Waals surface area (Å²) < 4.78 is 0. The summed E-state index contributed by atoms with van der Waals surface area (Å²) in [4.78, 5) is 29.0. The molecule has 0 radical (unpaired) electrons. The lowest BCUT2D eigenvalue weighted by molar-refractivity contribution is -0.138. The third-order valence-corrected chi connectivity index (χ3v) is 6.35. The molecule has 0 unspecified atom stereocenters. The molecule has 0 bridgehead atoms. The van der Waals surface area contributed by atoms with Gasteiger partial charge in [0.05, 0.1) is 6.04 Å². The number of hydrogen-bond acceptors (Lipinski definition) is 3. The fourth-order valence-electron chi connectivity index (χ4n) is 4.48. The molecule has 5 nitrogen and oxygen atoms in total. The summed E-state index contributed by atoms with van der Waals surface area (Å²) in [5.41, 5.74) is 1.40. The lowest BCUT2D eigenvalue weighted by Gasteiger charge is -2.39. The second-order valence-electron chi connectivity index (χ2n) is 8.06. The van der Waals surface area contributed by atoms with Crippen molar-refractivity contribution in [2.45, 2.75) is 45.1 Å². The van der Waals surface area contributed by atoms with Gasteiger partial charge in [-0.15, -0.1) is 0 Å². The van der Waals surface area contributed by atoms with Gasteiger partial charge < -0.3 is 10.2 Å². The smallest absolute Gasteiger partial charge is 0.239 e. The summed E-state index contributed by atoms with van der Waals surface area (Å²) in [7, 11) is 1.70. The Morgan fingerprint density at radius 3 is 2.26 bits per heavy atom. The predicted molar refractivity (Wildman–Crippen MR) is 107 cm³/mol. The van der Waals surface area contributed by atoms with Crippen LogP contribution in [-0.2, 0) is 16.0 Å². The van der Waals surface area contributed by atoms with E-state index in [1.807, 2.05) is 6.92 Å². The van der Waals surface area contributed by atoms with Crippen LogP contribution in [0, 0.1) is 11.8 Å². The van der Waals surface area contributed by atoms with Crippen molar-refractivity contribution in [1.29, 1.82) is 0 Å². The van der Waals surface area contributed by atoms with Crippen LogP contribution in [0.3, 0.4) is 0 Å². The van der Waals surface area contributed by atoms with Crippen LogP contribution < -0.4 is 5.32 Å². The van der Waals surface area contributed by atoms with Gasteiger partial charge in [0, 0.05) is 26.1 Å². The lowest BCUT2D eigenvalue weighted by atomic mass is 9.90. The van der Waals surface area contributed by atoms with Gasteiger partial charge >= 0.3 is 0 Å². The summed E-state index contributed by atoms with van der Waals surface area (Å²) in [5.74, 6) is 1.16. The van der Waals surface area contributed by atoms with Crippen molar-refractivity contribution in [2.24, 2.45) is 11.8 Å². The molecule has 2 fully saturated rings. The quantitative estimate of drug-likeness (QED) is 0.864. The Hall–Kier alpha value is -1.88. The zero-order valence-corrected chi connectivity index (χ0v) is 16.7. The van der Waals surface area contributed by atoms with E-state index in [9.17, 15) is 9.59 Å². The normalized spacial score (nSPS) is 21.0. The standard InChI is InChI=1S/C22H33N3O2/c1-17(24-14-10-20(11-15-24)21(26)23-2)22(27)25-12-8-19(9-13-25)16-18-6-4-3-5-7-18/h3-7,17,19-20H,8-16H2,1-2H3,(H,23,26)/t17-/m0/s1. The zero-order valence-electron chi connectivity index (χ0n) is 16.7. The Kier molecular flexibility index (Phi) is 6.89. The highest BCUT2D eigenvalue weighted by Gasteiger charge is 2.32. The first-order chi connectivity index (χ1) is 13.1. The van der Waals surface area contributed by atoms with Gasteiger partial charge in [0.15, 0.2) is 0 Å². The van der Waals surface area contributed by atoms with E-state index in [1.54, 1.807) is 7.05 Å². The zero-order chi connectivity index (χ0) is 19.2. The number of likely N-dealkylation sites (tertiary alicyclic amines) is 2. The van der Waals surface area contributed by atoms with Crippen molar-refractivity contribution in [3.8, 4) is 0 Å². The Balaban J connectivity index is 1.44. The average molecular weight is 372 g/mol. The van der Waals surface area contributed by atoms with Crippen LogP contribution in [-0.4, -0.2) is 60.9 Å². The molecule has 0 aliphatic carbocycles. The van der Waals surface area contributed by atoms with Crippen LogP contribution >= 0.6 is 0 Å². The van der Waals surface area contributed by atoms with Crippen molar-refractivity contribution in [1.82, 2.24) is 15.1 Å². The van der Waals surface area contributed by atoms with Gasteiger partial charge in [-0.2, -0.15) is 0 Å². The molecule has 2 aliphatic rings. The number of benzene rings is 1. The molecule has 1 aromatic carbocycles. The molecule has 27 heavy (non-hydrogen) atoms. The summed E-state index contributed by atoms with van der Waals surface area (Å²) >= 11 is 0. The highest BCUT2D eigenvalue weighted by Crippen LogP contribution is 2.24. The lowest BCUT2D eigenvalue weighted by Crippen LogP contribution is -2.52. The predicted octanol–water partition coefficient (Wildman–Crippen LogP) is 2.31. The molecule has 0 spiro atoms. The van der Waals surface area contributed by atoms with E-state index in [2.05, 4.69) is 45.4 Å². The van der Waals surface area contributed by atoms with E-state index in [1.165, 1.54) is 5.56 Å². The van der Waals surface area contributed by atoms with E-state index < -0.39 is 0 Å². The maximum atomic E-state index is 12.9. The number of hydrogen-bond donors (Lipinski definition) is 1. The second kappa shape index (κ2) is 9.36. The highest BCUT2D eigenvalue weighted by atomic mass is 16.2. The van der Waals surface area contributed by atoms with Gasteiger partial charge in [-0.05, 0) is 63.6 Å². The maximum Gasteiger partial charge on any atom is 0.239 e. The number of piperidine rings is 2. The SMILES string of the molecule is CNC(=O)C1CCN([C@@H](C)C(=O)N2CCC(Cc3ccccc3)CC2)CC1. The van der Waals surface area contributed by atoms with Crippen LogP contribution in [0.25, 0.3) is 0 Å². The van der Waals surface area contributed by atoms with Crippen molar-refractivity contribution < 1.29 is 9.59 Å². The minimum Gasteiger partial charge on any atom is -0.359 e. The summed E-state index contributed by atoms with van der Waals surface area (Å²) in [5, 5.41) is 2.74. The molecule has 5 heteroatoms. The second-order valence-corrected chi connectivity index (χ2v) is 8.06. The van der Waals surface area contributed by atoms with E-state index in [0.717, 1.165) is 58.3 Å². The monoisotopic (exact) mass is 371 g/mol. The van der Waals surface area contributed by atoms with Gasteiger partial charge in [0.2, 0.25) is 11.8 Å². The first-order valence-electron chi connectivity index (χ1n) is 10.4. The van der Waals surface area contributed by atoms with Gasteiger partial charge in [0.25, 0.3) is 0 Å². The van der Waals surface area contributed by atoms with E-state index in [-0.39, 0.29) is 23.8 Å². The summed E-state index contributed by atoms with van der Waals surface area (Å²) in [6.07, 6.45) is 4.98. The van der Waals surface area contributed by atoms with Gasteiger partial charge in [-0.3, -0.25) is 14.5 Å². The van der Waals surface area contributed by atoms with Crippen LogP contribution in [0.5, 0.6) is 0 Å². The molecule has 3 rings (SSSR count). The molecular weight excluding hydrogens is 338 g/mol. The fraction of sp³-hybridized carbons (Fsp3) is 0.636. The van der Waals surface area contributed by atoms with Crippen molar-refractivity contribution in [3.05, 3.63) is 35.9 Å². The first-order valence-corrected chi connectivity index (χ1v) is 10.4. The molecule has 0 aromatic heterocycles. The minimum atomic E-state index is -0.0821. The fourth-order valence-corrected chi connectivity index (χ4v) is 4.48. The van der Waals surface area contributed by atoms with Gasteiger partial charge in [-0.1, -0.05) is 30.3 Å². The van der Waals surface area contributed by atoms with Crippen molar-refractivity contribution >= 4 is 11.8 Å². The number of amides is 2. The summed E-state index contributed by atoms with van der Waals surface area (Å²) in [6, 6.07) is 10.6. The molecular formula is C22H33N3O2. The third kappa shape index (κ3) is 5.10. The molecule has 1 atom stereocenters. The van der Waals surface area contributed by atoms with E-state index in [0.29, 0.717) is 5.92 Å². The Bertz CT molecular complexity index is 618. The van der Waals surface area contributed by atoms with E-state index >= 15 is 0 Å². The molecule has 2 amide bonds. The van der Waals surface area contributed by atoms with Crippen molar-refractivity contribution in [2.75, 3.05) is 33.2 Å². The molecule has 2 saturated heterocycles. The molecule has 0 saturated carbocycles. The molecule has 148 valence electrons. The number of nitrogens with zero attached hydrogens (tertiary/aromatic N) is 2. The maximum absolute atomic E-state index is 12.9. The topological polar surface area (TPSA) is 52.7 Å². The largest absolute Gasteiger partial charge is 0.359 e. The van der Waals surface area contributed by atoms with Crippen LogP contribution in [0.15, 0.2) is 30.3 Å². The van der Waals surface area contributed by atoms with Gasteiger partial charge in [-0.25, -0.2) is 0 Å². The Labute approximate surface area is 163 Å². The Morgan fingerprint density at radius 2 is 1.67 bits per heavy atom. The van der Waals surface area contributed by atoms with Crippen LogP contribution in [0.4, 0.5) is 0 Å². The van der Waals surface area contributed by atoms with E-state index in [4.69, 9.17) is 0 Å². The number of rotatable bonds is 5. The van der Waals surface area contributed by atoms with Crippen LogP contribution in [0.1, 0.15) is 38.2 Å². The van der Waals surface area contributed by atoms with Gasteiger partial charge in [0.1, 0.15) is 0 Å². The minimum absolute atomic E-state index is 0.0821. The molecule has 1 aromatic rings. The number of carbonyl (C=O) groups excluding carboxylic acids is 2. The highest BCUT2D eigenvalue weighted by molar-refractivity contribution is 5.82.